The minimum absolute atomic E-state index is 0.117. The fourth-order valence-electron chi connectivity index (χ4n) is 4.52. The van der Waals surface area contributed by atoms with Crippen molar-refractivity contribution in [1.29, 1.82) is 5.26 Å². The number of ether oxygens (including phenoxy) is 1. The van der Waals surface area contributed by atoms with Gasteiger partial charge < -0.3 is 19.7 Å². The van der Waals surface area contributed by atoms with E-state index in [4.69, 9.17) is 4.74 Å². The van der Waals surface area contributed by atoms with Crippen molar-refractivity contribution in [2.75, 3.05) is 31.6 Å². The van der Waals surface area contributed by atoms with Crippen LogP contribution in [-0.2, 0) is 16.1 Å². The monoisotopic (exact) mass is 434 g/mol. The molecule has 0 aliphatic carbocycles. The molecule has 1 fully saturated rings. The number of benzene rings is 1. The molecule has 1 aromatic heterocycles. The van der Waals surface area contributed by atoms with Crippen LogP contribution in [0.2, 0.25) is 0 Å². The molecule has 1 aromatic carbocycles. The maximum absolute atomic E-state index is 12.9. The third-order valence-corrected chi connectivity index (χ3v) is 6.51. The molecule has 2 aromatic rings. The predicted molar refractivity (Wildman–Crippen MR) is 123 cm³/mol. The molecule has 0 saturated carbocycles. The zero-order valence-corrected chi connectivity index (χ0v) is 18.7. The summed E-state index contributed by atoms with van der Waals surface area (Å²) < 4.78 is 7.81. The second-order valence-corrected chi connectivity index (χ2v) is 8.60. The first-order valence-electron chi connectivity index (χ1n) is 11.2. The summed E-state index contributed by atoms with van der Waals surface area (Å²) in [5.74, 6) is 0.726. The number of nitrogens with one attached hydrogen (secondary N) is 1. The molecule has 2 aliphatic heterocycles. The van der Waals surface area contributed by atoms with Crippen LogP contribution in [0.3, 0.4) is 0 Å². The SMILES string of the molecule is Cc1c(C#N)c(NC(=O)CN2CC=C(c3ccc(O)cc3)CC2)n(CC2CCCO2)c1C. The summed E-state index contributed by atoms with van der Waals surface area (Å²) in [7, 11) is 0. The van der Waals surface area contributed by atoms with Gasteiger partial charge in [-0.05, 0) is 61.9 Å². The van der Waals surface area contributed by atoms with E-state index < -0.39 is 0 Å². The average Bonchev–Trinajstić information content (AvgIpc) is 3.38. The molecule has 1 amide bonds. The minimum atomic E-state index is -0.117. The summed E-state index contributed by atoms with van der Waals surface area (Å²) in [6, 6.07) is 9.49. The number of anilines is 1. The summed E-state index contributed by atoms with van der Waals surface area (Å²) in [6.07, 6.45) is 5.14. The van der Waals surface area contributed by atoms with E-state index in [9.17, 15) is 15.2 Å². The fraction of sp³-hybridized carbons (Fsp3) is 0.440. The number of nitrogens with zero attached hydrogens (tertiary/aromatic N) is 3. The van der Waals surface area contributed by atoms with E-state index in [1.165, 1.54) is 5.57 Å². The summed E-state index contributed by atoms with van der Waals surface area (Å²) in [5, 5.41) is 22.2. The predicted octanol–water partition coefficient (Wildman–Crippen LogP) is 3.59. The lowest BCUT2D eigenvalue weighted by Gasteiger charge is -2.26. The molecule has 32 heavy (non-hydrogen) atoms. The molecular formula is C25H30N4O3. The van der Waals surface area contributed by atoms with Crippen LogP contribution in [0.5, 0.6) is 5.75 Å². The van der Waals surface area contributed by atoms with E-state index in [1.807, 2.05) is 30.5 Å². The van der Waals surface area contributed by atoms with Gasteiger partial charge in [0.05, 0.1) is 24.8 Å². The quantitative estimate of drug-likeness (QED) is 0.725. The third-order valence-electron chi connectivity index (χ3n) is 6.51. The third kappa shape index (κ3) is 4.72. The highest BCUT2D eigenvalue weighted by atomic mass is 16.5. The number of nitriles is 1. The Bertz CT molecular complexity index is 1060. The first kappa shape index (κ1) is 22.1. The van der Waals surface area contributed by atoms with Crippen LogP contribution in [0.1, 0.15) is 41.6 Å². The first-order valence-corrected chi connectivity index (χ1v) is 11.2. The van der Waals surface area contributed by atoms with Crippen molar-refractivity contribution in [3.8, 4) is 11.8 Å². The molecule has 7 nitrogen and oxygen atoms in total. The molecule has 0 bridgehead atoms. The Morgan fingerprint density at radius 1 is 1.31 bits per heavy atom. The Morgan fingerprint density at radius 3 is 2.72 bits per heavy atom. The van der Waals surface area contributed by atoms with E-state index in [-0.39, 0.29) is 24.3 Å². The lowest BCUT2D eigenvalue weighted by atomic mass is 9.99. The van der Waals surface area contributed by atoms with E-state index >= 15 is 0 Å². The van der Waals surface area contributed by atoms with Crippen molar-refractivity contribution in [2.45, 2.75) is 45.8 Å². The van der Waals surface area contributed by atoms with Gasteiger partial charge in [-0.15, -0.1) is 0 Å². The zero-order valence-electron chi connectivity index (χ0n) is 18.7. The number of phenolic OH excluding ortho intramolecular Hbond substituents is 1. The van der Waals surface area contributed by atoms with Crippen LogP contribution in [-0.4, -0.2) is 52.8 Å². The van der Waals surface area contributed by atoms with Gasteiger partial charge in [0.25, 0.3) is 0 Å². The zero-order chi connectivity index (χ0) is 22.7. The number of aromatic nitrogens is 1. The van der Waals surface area contributed by atoms with Gasteiger partial charge in [0.1, 0.15) is 17.6 Å². The van der Waals surface area contributed by atoms with E-state index in [0.29, 0.717) is 24.5 Å². The highest BCUT2D eigenvalue weighted by Crippen LogP contribution is 2.29. The number of carbonyl (C=O) groups is 1. The summed E-state index contributed by atoms with van der Waals surface area (Å²) in [6.45, 7) is 7.06. The van der Waals surface area contributed by atoms with Crippen molar-refractivity contribution in [2.24, 2.45) is 0 Å². The van der Waals surface area contributed by atoms with E-state index in [1.54, 1.807) is 12.1 Å². The number of carbonyl (C=O) groups excluding carboxylic acids is 1. The van der Waals surface area contributed by atoms with Gasteiger partial charge >= 0.3 is 0 Å². The molecule has 168 valence electrons. The second kappa shape index (κ2) is 9.60. The van der Waals surface area contributed by atoms with Crippen molar-refractivity contribution in [3.05, 3.63) is 52.7 Å². The maximum Gasteiger partial charge on any atom is 0.239 e. The van der Waals surface area contributed by atoms with Crippen molar-refractivity contribution in [3.63, 3.8) is 0 Å². The lowest BCUT2D eigenvalue weighted by Crippen LogP contribution is -2.36. The molecule has 1 unspecified atom stereocenters. The van der Waals surface area contributed by atoms with Crippen molar-refractivity contribution in [1.82, 2.24) is 9.47 Å². The molecule has 2 aliphatic rings. The van der Waals surface area contributed by atoms with E-state index in [0.717, 1.165) is 49.2 Å². The second-order valence-electron chi connectivity index (χ2n) is 8.60. The van der Waals surface area contributed by atoms with Gasteiger partial charge in [-0.1, -0.05) is 18.2 Å². The Kier molecular flexibility index (Phi) is 6.63. The van der Waals surface area contributed by atoms with E-state index in [2.05, 4.69) is 22.4 Å². The standard InChI is InChI=1S/C25H30N4O3/c1-17-18(2)29(15-22-4-3-13-32-22)25(23(17)14-26)27-24(31)16-28-11-9-20(10-12-28)19-5-7-21(30)8-6-19/h5-9,22,30H,3-4,10-13,15-16H2,1-2H3,(H,27,31). The van der Waals surface area contributed by atoms with Crippen LogP contribution in [0.25, 0.3) is 5.57 Å². The van der Waals surface area contributed by atoms with Crippen LogP contribution >= 0.6 is 0 Å². The first-order chi connectivity index (χ1) is 15.5. The molecule has 1 saturated heterocycles. The normalized spacial score (nSPS) is 18.9. The number of rotatable bonds is 6. The van der Waals surface area contributed by atoms with Gasteiger partial charge in [0.2, 0.25) is 5.91 Å². The summed E-state index contributed by atoms with van der Waals surface area (Å²) >= 11 is 0. The van der Waals surface area contributed by atoms with Crippen LogP contribution in [0, 0.1) is 25.2 Å². The molecule has 0 radical (unpaired) electrons. The van der Waals surface area contributed by atoms with Crippen LogP contribution in [0.15, 0.2) is 30.3 Å². The lowest BCUT2D eigenvalue weighted by molar-refractivity contribution is -0.117. The Hall–Kier alpha value is -3.08. The van der Waals surface area contributed by atoms with Gasteiger partial charge in [0, 0.05) is 25.4 Å². The van der Waals surface area contributed by atoms with Crippen LogP contribution < -0.4 is 5.32 Å². The van der Waals surface area contributed by atoms with Crippen molar-refractivity contribution >= 4 is 17.3 Å². The van der Waals surface area contributed by atoms with Gasteiger partial charge in [-0.25, -0.2) is 0 Å². The molecule has 0 spiro atoms. The Labute approximate surface area is 188 Å². The molecule has 4 rings (SSSR count). The number of amides is 1. The van der Waals surface area contributed by atoms with Gasteiger partial charge in [-0.3, -0.25) is 9.69 Å². The highest BCUT2D eigenvalue weighted by Gasteiger charge is 2.24. The number of hydrogen-bond acceptors (Lipinski definition) is 5. The summed E-state index contributed by atoms with van der Waals surface area (Å²) in [5.41, 5.74) is 4.75. The number of hydrogen-bond donors (Lipinski definition) is 2. The average molecular weight is 435 g/mol. The Morgan fingerprint density at radius 2 is 2.09 bits per heavy atom. The maximum atomic E-state index is 12.9. The smallest absolute Gasteiger partial charge is 0.239 e. The molecule has 3 heterocycles. The number of phenols is 1. The molecule has 1 atom stereocenters. The van der Waals surface area contributed by atoms with Crippen molar-refractivity contribution < 1.29 is 14.6 Å². The Balaban J connectivity index is 1.42. The van der Waals surface area contributed by atoms with Crippen LogP contribution in [0.4, 0.5) is 5.82 Å². The fourth-order valence-corrected chi connectivity index (χ4v) is 4.52. The highest BCUT2D eigenvalue weighted by molar-refractivity contribution is 5.93. The number of aromatic hydroxyl groups is 1. The minimum Gasteiger partial charge on any atom is -0.508 e. The summed E-state index contributed by atoms with van der Waals surface area (Å²) in [4.78, 5) is 15.0. The van der Waals surface area contributed by atoms with Gasteiger partial charge in [-0.2, -0.15) is 5.26 Å². The topological polar surface area (TPSA) is 90.5 Å². The van der Waals surface area contributed by atoms with Gasteiger partial charge in [0.15, 0.2) is 0 Å². The molecule has 2 N–H and O–H groups in total. The molecular weight excluding hydrogens is 404 g/mol. The largest absolute Gasteiger partial charge is 0.508 e. The molecule has 7 heteroatoms.